The number of carbonyl (C=O) groups is 2. The van der Waals surface area contributed by atoms with Crippen molar-refractivity contribution in [1.29, 1.82) is 0 Å². The molecule has 0 aliphatic heterocycles. The molecule has 1 aromatic rings. The van der Waals surface area contributed by atoms with Crippen LogP contribution in [0.3, 0.4) is 0 Å². The fourth-order valence-corrected chi connectivity index (χ4v) is 1.13. The minimum Gasteiger partial charge on any atom is -0.508 e. The van der Waals surface area contributed by atoms with Crippen LogP contribution in [0.1, 0.15) is 23.7 Å². The Morgan fingerprint density at radius 1 is 1.27 bits per heavy atom. The number of carboxylic acid groups (broad SMARTS) is 1. The van der Waals surface area contributed by atoms with Crippen molar-refractivity contribution in [3.05, 3.63) is 29.8 Å². The van der Waals surface area contributed by atoms with E-state index in [1.165, 1.54) is 31.2 Å². The molecule has 2 N–H and O–H groups in total. The topological polar surface area (TPSA) is 74.6 Å². The zero-order chi connectivity index (χ0) is 11.4. The van der Waals surface area contributed by atoms with Crippen LogP contribution in [-0.2, 0) is 4.79 Å². The van der Waals surface area contributed by atoms with E-state index in [4.69, 9.17) is 10.2 Å². The molecule has 0 bridgehead atoms. The molecule has 4 nitrogen and oxygen atoms in total. The summed E-state index contributed by atoms with van der Waals surface area (Å²) >= 11 is 0. The molecule has 80 valence electrons. The average molecular weight is 208 g/mol. The van der Waals surface area contributed by atoms with E-state index in [1.807, 2.05) is 0 Å². The Balaban J connectivity index is 2.69. The molecule has 1 aromatic carbocycles. The van der Waals surface area contributed by atoms with Crippen molar-refractivity contribution in [2.45, 2.75) is 13.3 Å². The molecule has 0 aliphatic carbocycles. The lowest BCUT2D eigenvalue weighted by atomic mass is 10.00. The summed E-state index contributed by atoms with van der Waals surface area (Å²) < 4.78 is 0. The van der Waals surface area contributed by atoms with Gasteiger partial charge in [0, 0.05) is 12.0 Å². The summed E-state index contributed by atoms with van der Waals surface area (Å²) in [5, 5.41) is 17.6. The monoisotopic (exact) mass is 208 g/mol. The van der Waals surface area contributed by atoms with Gasteiger partial charge in [-0.2, -0.15) is 0 Å². The fraction of sp³-hybridized carbons (Fsp3) is 0.273. The summed E-state index contributed by atoms with van der Waals surface area (Å²) in [6.07, 6.45) is -0.0277. The third-order valence-corrected chi connectivity index (χ3v) is 2.10. The second kappa shape index (κ2) is 4.59. The smallest absolute Gasteiger partial charge is 0.306 e. The molecule has 0 heterocycles. The van der Waals surface area contributed by atoms with E-state index in [9.17, 15) is 9.59 Å². The minimum absolute atomic E-state index is 0.0277. The van der Waals surface area contributed by atoms with Gasteiger partial charge in [-0.15, -0.1) is 0 Å². The van der Waals surface area contributed by atoms with Crippen LogP contribution in [0.4, 0.5) is 0 Å². The first kappa shape index (κ1) is 11.2. The van der Waals surface area contributed by atoms with Gasteiger partial charge in [0.2, 0.25) is 0 Å². The second-order valence-electron chi connectivity index (χ2n) is 3.41. The largest absolute Gasteiger partial charge is 0.508 e. The van der Waals surface area contributed by atoms with E-state index in [0.717, 1.165) is 0 Å². The van der Waals surface area contributed by atoms with Crippen LogP contribution in [0.2, 0.25) is 0 Å². The Bertz CT molecular complexity index is 367. The summed E-state index contributed by atoms with van der Waals surface area (Å²) in [6, 6.07) is 5.76. The third-order valence-electron chi connectivity index (χ3n) is 2.10. The molecule has 0 aromatic heterocycles. The fourth-order valence-electron chi connectivity index (χ4n) is 1.13. The third kappa shape index (κ3) is 3.09. The van der Waals surface area contributed by atoms with Crippen molar-refractivity contribution in [1.82, 2.24) is 0 Å². The van der Waals surface area contributed by atoms with Gasteiger partial charge in [0.15, 0.2) is 5.78 Å². The van der Waals surface area contributed by atoms with Gasteiger partial charge in [0.25, 0.3) is 0 Å². The van der Waals surface area contributed by atoms with E-state index in [0.29, 0.717) is 5.56 Å². The number of benzene rings is 1. The first-order chi connectivity index (χ1) is 7.00. The van der Waals surface area contributed by atoms with Gasteiger partial charge < -0.3 is 10.2 Å². The predicted octanol–water partition coefficient (Wildman–Crippen LogP) is 1.69. The molecule has 0 amide bonds. The number of aromatic hydroxyl groups is 1. The Kier molecular flexibility index (Phi) is 3.44. The highest BCUT2D eigenvalue weighted by Crippen LogP contribution is 2.14. The number of hydrogen-bond acceptors (Lipinski definition) is 3. The van der Waals surface area contributed by atoms with E-state index in [2.05, 4.69) is 0 Å². The maximum Gasteiger partial charge on any atom is 0.306 e. The first-order valence-electron chi connectivity index (χ1n) is 4.55. The Labute approximate surface area is 87.2 Å². The zero-order valence-corrected chi connectivity index (χ0v) is 8.30. The molecular weight excluding hydrogens is 196 g/mol. The van der Waals surface area contributed by atoms with Crippen molar-refractivity contribution in [3.8, 4) is 5.75 Å². The maximum absolute atomic E-state index is 11.5. The highest BCUT2D eigenvalue weighted by molar-refractivity contribution is 5.97. The maximum atomic E-state index is 11.5. The lowest BCUT2D eigenvalue weighted by molar-refractivity contribution is -0.141. The van der Waals surface area contributed by atoms with E-state index < -0.39 is 11.9 Å². The molecule has 0 fully saturated rings. The van der Waals surface area contributed by atoms with Crippen molar-refractivity contribution in [2.75, 3.05) is 0 Å². The number of carbonyl (C=O) groups excluding carboxylic acids is 1. The van der Waals surface area contributed by atoms with Crippen LogP contribution in [0.15, 0.2) is 24.3 Å². The predicted molar refractivity (Wildman–Crippen MR) is 53.9 cm³/mol. The lowest BCUT2D eigenvalue weighted by Gasteiger charge is -2.04. The highest BCUT2D eigenvalue weighted by atomic mass is 16.4. The molecule has 0 radical (unpaired) electrons. The summed E-state index contributed by atoms with van der Waals surface area (Å²) in [5.41, 5.74) is 0.418. The normalized spacial score (nSPS) is 12.1. The van der Waals surface area contributed by atoms with Gasteiger partial charge in [-0.1, -0.05) is 6.92 Å². The minimum atomic E-state index is -0.984. The van der Waals surface area contributed by atoms with E-state index >= 15 is 0 Å². The SMILES string of the molecule is CC(CC(=O)c1ccc(O)cc1)C(=O)O. The molecule has 0 saturated heterocycles. The van der Waals surface area contributed by atoms with Crippen LogP contribution in [-0.4, -0.2) is 22.0 Å². The van der Waals surface area contributed by atoms with Gasteiger partial charge in [-0.3, -0.25) is 9.59 Å². The number of phenolic OH excluding ortho intramolecular Hbond substituents is 1. The Hall–Kier alpha value is -1.84. The molecule has 1 atom stereocenters. The molecule has 1 rings (SSSR count). The molecule has 1 unspecified atom stereocenters. The van der Waals surface area contributed by atoms with Gasteiger partial charge in [0.1, 0.15) is 5.75 Å². The number of rotatable bonds is 4. The van der Waals surface area contributed by atoms with E-state index in [-0.39, 0.29) is 18.0 Å². The summed E-state index contributed by atoms with van der Waals surface area (Å²) in [7, 11) is 0. The molecular formula is C11H12O4. The number of hydrogen-bond donors (Lipinski definition) is 2. The van der Waals surface area contributed by atoms with Gasteiger partial charge in [-0.05, 0) is 24.3 Å². The van der Waals surface area contributed by atoms with Crippen molar-refractivity contribution in [3.63, 3.8) is 0 Å². The second-order valence-corrected chi connectivity index (χ2v) is 3.41. The van der Waals surface area contributed by atoms with Crippen molar-refractivity contribution < 1.29 is 19.8 Å². The van der Waals surface area contributed by atoms with Crippen LogP contribution in [0.25, 0.3) is 0 Å². The Morgan fingerprint density at radius 3 is 2.27 bits per heavy atom. The van der Waals surface area contributed by atoms with Gasteiger partial charge in [0.05, 0.1) is 5.92 Å². The average Bonchev–Trinajstić information content (AvgIpc) is 2.18. The highest BCUT2D eigenvalue weighted by Gasteiger charge is 2.16. The van der Waals surface area contributed by atoms with Crippen molar-refractivity contribution >= 4 is 11.8 Å². The Morgan fingerprint density at radius 2 is 1.80 bits per heavy atom. The van der Waals surface area contributed by atoms with Crippen LogP contribution in [0, 0.1) is 5.92 Å². The molecule has 0 aliphatic rings. The molecule has 0 saturated carbocycles. The van der Waals surface area contributed by atoms with Crippen LogP contribution < -0.4 is 0 Å². The van der Waals surface area contributed by atoms with Crippen molar-refractivity contribution in [2.24, 2.45) is 5.92 Å². The summed E-state index contributed by atoms with van der Waals surface area (Å²) in [6.45, 7) is 1.49. The van der Waals surface area contributed by atoms with Gasteiger partial charge >= 0.3 is 5.97 Å². The zero-order valence-electron chi connectivity index (χ0n) is 8.30. The van der Waals surface area contributed by atoms with Gasteiger partial charge in [-0.25, -0.2) is 0 Å². The van der Waals surface area contributed by atoms with Crippen LogP contribution >= 0.6 is 0 Å². The summed E-state index contributed by atoms with van der Waals surface area (Å²) in [4.78, 5) is 22.1. The summed E-state index contributed by atoms with van der Waals surface area (Å²) in [5.74, 6) is -1.82. The molecule has 0 spiro atoms. The van der Waals surface area contributed by atoms with Crippen LogP contribution in [0.5, 0.6) is 5.75 Å². The quantitative estimate of drug-likeness (QED) is 0.738. The number of ketones is 1. The number of carboxylic acids is 1. The number of aliphatic carboxylic acids is 1. The standard InChI is InChI=1S/C11H12O4/c1-7(11(14)15)6-10(13)8-2-4-9(12)5-3-8/h2-5,7,12H,6H2,1H3,(H,14,15). The van der Waals surface area contributed by atoms with E-state index in [1.54, 1.807) is 0 Å². The molecule has 4 heteroatoms. The number of Topliss-reactive ketones (excluding diaryl/α,β-unsaturated/α-hetero) is 1. The lowest BCUT2D eigenvalue weighted by Crippen LogP contribution is -2.14. The first-order valence-corrected chi connectivity index (χ1v) is 4.55. The molecule has 15 heavy (non-hydrogen) atoms. The number of phenols is 1.